The van der Waals surface area contributed by atoms with Crippen molar-refractivity contribution in [3.8, 4) is 0 Å². The number of hydrogen-bond acceptors (Lipinski definition) is 3. The monoisotopic (exact) mass is 257 g/mol. The molecule has 1 rings (SSSR count). The van der Waals surface area contributed by atoms with Crippen molar-refractivity contribution in [1.82, 2.24) is 0 Å². The summed E-state index contributed by atoms with van der Waals surface area (Å²) < 4.78 is 1.96. The van der Waals surface area contributed by atoms with Gasteiger partial charge in [0.15, 0.2) is 6.54 Å². The first-order valence-corrected chi connectivity index (χ1v) is 7.70. The van der Waals surface area contributed by atoms with Crippen LogP contribution in [0.1, 0.15) is 51.9 Å². The third kappa shape index (κ3) is 5.57. The minimum absolute atomic E-state index is 0.441. The van der Waals surface area contributed by atoms with Gasteiger partial charge in [-0.1, -0.05) is 39.0 Å². The van der Waals surface area contributed by atoms with Gasteiger partial charge in [0.05, 0.1) is 5.75 Å². The van der Waals surface area contributed by atoms with E-state index in [1.165, 1.54) is 50.3 Å². The molecule has 17 heavy (non-hydrogen) atoms. The highest BCUT2D eigenvalue weighted by atomic mass is 32.2. The molecule has 0 aromatic heterocycles. The highest BCUT2D eigenvalue weighted by Gasteiger charge is 2.23. The van der Waals surface area contributed by atoms with Crippen molar-refractivity contribution in [2.24, 2.45) is 0 Å². The van der Waals surface area contributed by atoms with Crippen LogP contribution in [0.25, 0.3) is 0 Å². The van der Waals surface area contributed by atoms with E-state index in [1.807, 2.05) is 4.58 Å². The number of unbranched alkanes of at least 4 members (excludes halogenated alkanes) is 6. The average molecular weight is 257 g/mol. The summed E-state index contributed by atoms with van der Waals surface area (Å²) in [5, 5.41) is 11.2. The van der Waals surface area contributed by atoms with Gasteiger partial charge in [0.1, 0.15) is 12.5 Å². The molecule has 0 unspecified atom stereocenters. The summed E-state index contributed by atoms with van der Waals surface area (Å²) in [6.45, 7) is 3.97. The molecule has 0 spiro atoms. The van der Waals surface area contributed by atoms with Crippen LogP contribution in [0.3, 0.4) is 0 Å². The largest absolute Gasteiger partial charge is 0.539 e. The molecule has 1 aliphatic rings. The lowest BCUT2D eigenvalue weighted by Crippen LogP contribution is -2.34. The van der Waals surface area contributed by atoms with Crippen molar-refractivity contribution >= 4 is 22.8 Å². The van der Waals surface area contributed by atoms with E-state index < -0.39 is 5.97 Å². The number of aliphatic carboxylic acids is 1. The summed E-state index contributed by atoms with van der Waals surface area (Å²) in [4.78, 5) is 10.8. The van der Waals surface area contributed by atoms with Gasteiger partial charge in [-0.25, -0.2) is 4.58 Å². The van der Waals surface area contributed by atoms with E-state index in [0.29, 0.717) is 5.04 Å². The highest BCUT2D eigenvalue weighted by molar-refractivity contribution is 8.15. The second kappa shape index (κ2) is 8.56. The molecule has 0 fully saturated rings. The van der Waals surface area contributed by atoms with Gasteiger partial charge < -0.3 is 9.90 Å². The highest BCUT2D eigenvalue weighted by Crippen LogP contribution is 2.13. The number of carbonyl (C=O) groups is 1. The summed E-state index contributed by atoms with van der Waals surface area (Å²) in [5.74, 6) is -0.116. The maximum absolute atomic E-state index is 10.8. The number of carboxylic acids is 1. The number of hydrogen-bond donors (Lipinski definition) is 0. The topological polar surface area (TPSA) is 43.1 Å². The van der Waals surface area contributed by atoms with Crippen LogP contribution in [0.15, 0.2) is 0 Å². The van der Waals surface area contributed by atoms with Gasteiger partial charge in [0.2, 0.25) is 0 Å². The number of thioether (sulfide) groups is 1. The molecule has 3 nitrogen and oxygen atoms in total. The van der Waals surface area contributed by atoms with Crippen LogP contribution < -0.4 is 5.11 Å². The summed E-state index contributed by atoms with van der Waals surface area (Å²) in [7, 11) is 0. The number of carbonyl (C=O) groups excluding carboxylic acids is 1. The first-order valence-electron chi connectivity index (χ1n) is 6.71. The lowest BCUT2D eigenvalue weighted by atomic mass is 10.1. The minimum Gasteiger partial charge on any atom is -0.539 e. The Balaban J connectivity index is 2.10. The zero-order chi connectivity index (χ0) is 12.5. The van der Waals surface area contributed by atoms with Crippen molar-refractivity contribution in [1.29, 1.82) is 0 Å². The van der Waals surface area contributed by atoms with Crippen molar-refractivity contribution in [2.45, 2.75) is 51.9 Å². The molecule has 1 heterocycles. The Bertz CT molecular complexity index is 277. The fourth-order valence-electron chi connectivity index (χ4n) is 2.11. The summed E-state index contributed by atoms with van der Waals surface area (Å²) in [6.07, 6.45) is 8.88. The predicted octanol–water partition coefficient (Wildman–Crippen LogP) is 1.64. The van der Waals surface area contributed by atoms with Crippen molar-refractivity contribution in [3.05, 3.63) is 0 Å². The molecular formula is C13H23NO2S. The lowest BCUT2D eigenvalue weighted by molar-refractivity contribution is -0.519. The van der Waals surface area contributed by atoms with Crippen LogP contribution in [0.4, 0.5) is 0 Å². The molecule has 0 bridgehead atoms. The molecular weight excluding hydrogens is 234 g/mol. The maximum atomic E-state index is 10.8. The van der Waals surface area contributed by atoms with E-state index in [4.69, 9.17) is 0 Å². The van der Waals surface area contributed by atoms with E-state index in [9.17, 15) is 9.90 Å². The maximum Gasteiger partial charge on any atom is 0.258 e. The van der Waals surface area contributed by atoms with Crippen LogP contribution >= 0.6 is 11.8 Å². The molecule has 0 radical (unpaired) electrons. The number of nitrogens with zero attached hydrogens (tertiary/aromatic N) is 1. The Labute approximate surface area is 108 Å². The van der Waals surface area contributed by atoms with Gasteiger partial charge in [-0.15, -0.1) is 0 Å². The van der Waals surface area contributed by atoms with Crippen molar-refractivity contribution < 1.29 is 14.5 Å². The van der Waals surface area contributed by atoms with Crippen molar-refractivity contribution in [3.63, 3.8) is 0 Å². The Morgan fingerprint density at radius 2 is 1.88 bits per heavy atom. The van der Waals surface area contributed by atoms with E-state index in [0.717, 1.165) is 25.3 Å². The van der Waals surface area contributed by atoms with Crippen molar-refractivity contribution in [2.75, 3.05) is 18.8 Å². The summed E-state index contributed by atoms with van der Waals surface area (Å²) >= 11 is 1.41. The fraction of sp³-hybridized carbons (Fsp3) is 0.846. The third-order valence-electron chi connectivity index (χ3n) is 3.09. The Morgan fingerprint density at radius 3 is 2.53 bits per heavy atom. The van der Waals surface area contributed by atoms with Crippen LogP contribution in [-0.2, 0) is 4.79 Å². The molecule has 0 aromatic carbocycles. The van der Waals surface area contributed by atoms with Crippen LogP contribution in [0, 0.1) is 0 Å². The normalized spacial score (nSPS) is 15.6. The standard InChI is InChI=1S/C13H23NO2S/c1-2-3-4-5-6-7-8-9-14-10-11-17-12(14)13(15)16/h2-11H2,1H3. The van der Waals surface area contributed by atoms with Gasteiger partial charge in [-0.05, 0) is 18.2 Å². The first-order chi connectivity index (χ1) is 8.25. The second-order valence-corrected chi connectivity index (χ2v) is 5.63. The Hall–Kier alpha value is -0.510. The van der Waals surface area contributed by atoms with Gasteiger partial charge in [-0.3, -0.25) is 0 Å². The predicted molar refractivity (Wildman–Crippen MR) is 70.5 cm³/mol. The minimum atomic E-state index is -1.00. The zero-order valence-corrected chi connectivity index (χ0v) is 11.6. The number of carboxylic acid groups (broad SMARTS) is 1. The van der Waals surface area contributed by atoms with Crippen LogP contribution in [0.2, 0.25) is 0 Å². The Kier molecular flexibility index (Phi) is 7.33. The Morgan fingerprint density at radius 1 is 1.24 bits per heavy atom. The third-order valence-corrected chi connectivity index (χ3v) is 4.18. The van der Waals surface area contributed by atoms with Gasteiger partial charge in [-0.2, -0.15) is 0 Å². The number of rotatable bonds is 9. The van der Waals surface area contributed by atoms with E-state index in [-0.39, 0.29) is 0 Å². The molecule has 0 aliphatic carbocycles. The second-order valence-electron chi connectivity index (χ2n) is 4.55. The van der Waals surface area contributed by atoms with E-state index >= 15 is 0 Å². The van der Waals surface area contributed by atoms with E-state index in [1.54, 1.807) is 0 Å². The van der Waals surface area contributed by atoms with Crippen LogP contribution in [0.5, 0.6) is 0 Å². The summed E-state index contributed by atoms with van der Waals surface area (Å²) in [5.41, 5.74) is 0. The molecule has 0 saturated carbocycles. The molecule has 1 aliphatic heterocycles. The zero-order valence-electron chi connectivity index (χ0n) is 10.7. The van der Waals surface area contributed by atoms with Gasteiger partial charge in [0.25, 0.3) is 5.04 Å². The van der Waals surface area contributed by atoms with Gasteiger partial charge >= 0.3 is 0 Å². The lowest BCUT2D eigenvalue weighted by Gasteiger charge is -2.03. The fourth-order valence-corrected chi connectivity index (χ4v) is 3.09. The summed E-state index contributed by atoms with van der Waals surface area (Å²) in [6, 6.07) is 0. The molecule has 4 heteroatoms. The molecule has 98 valence electrons. The van der Waals surface area contributed by atoms with E-state index in [2.05, 4.69) is 6.92 Å². The molecule has 0 aromatic rings. The average Bonchev–Trinajstić information content (AvgIpc) is 2.76. The first kappa shape index (κ1) is 14.6. The van der Waals surface area contributed by atoms with Crippen LogP contribution in [-0.4, -0.2) is 34.4 Å². The van der Waals surface area contributed by atoms with Gasteiger partial charge in [0, 0.05) is 6.42 Å². The smallest absolute Gasteiger partial charge is 0.258 e. The molecule has 0 amide bonds. The SMILES string of the molecule is CCCCCCCCC[N+]1=C(C(=O)[O-])SCC1. The molecule has 0 saturated heterocycles. The molecule has 0 N–H and O–H groups in total. The quantitative estimate of drug-likeness (QED) is 0.466. The molecule has 0 atom stereocenters.